The average Bonchev–Trinajstić information content (AvgIpc) is 2.39. The third-order valence-electron chi connectivity index (χ3n) is 3.41. The van der Waals surface area contributed by atoms with Crippen molar-refractivity contribution >= 4 is 11.9 Å². The molecule has 0 atom stereocenters. The minimum absolute atomic E-state index is 0.107. The molecule has 0 aromatic heterocycles. The summed E-state index contributed by atoms with van der Waals surface area (Å²) in [6, 6.07) is 0. The molecular weight excluding hydrogens is 258 g/mol. The Labute approximate surface area is 121 Å². The highest BCUT2D eigenvalue weighted by molar-refractivity contribution is 5.79. The summed E-state index contributed by atoms with van der Waals surface area (Å²) in [6.07, 6.45) is 0.912. The molecule has 1 rings (SSSR count). The largest absolute Gasteiger partial charge is 0.465 e. The lowest BCUT2D eigenvalue weighted by molar-refractivity contribution is -0.145. The number of rotatable bonds is 7. The number of ether oxygens (including phenoxy) is 1. The Hall–Kier alpha value is -1.14. The highest BCUT2D eigenvalue weighted by atomic mass is 16.5. The Balaban J connectivity index is 2.43. The molecule has 6 heteroatoms. The van der Waals surface area contributed by atoms with Crippen molar-refractivity contribution in [1.82, 2.24) is 14.7 Å². The van der Waals surface area contributed by atoms with Crippen LogP contribution in [0.3, 0.4) is 0 Å². The molecule has 1 fully saturated rings. The van der Waals surface area contributed by atoms with Gasteiger partial charge in [0, 0.05) is 26.2 Å². The van der Waals surface area contributed by atoms with Gasteiger partial charge >= 0.3 is 5.97 Å². The molecule has 20 heavy (non-hydrogen) atoms. The lowest BCUT2D eigenvalue weighted by Crippen LogP contribution is -2.50. The first-order chi connectivity index (χ1) is 9.56. The quantitative estimate of drug-likeness (QED) is 0.618. The van der Waals surface area contributed by atoms with Crippen LogP contribution in [0.15, 0.2) is 0 Å². The van der Waals surface area contributed by atoms with E-state index in [4.69, 9.17) is 4.74 Å². The van der Waals surface area contributed by atoms with E-state index in [9.17, 15) is 9.59 Å². The maximum absolute atomic E-state index is 12.2. The summed E-state index contributed by atoms with van der Waals surface area (Å²) in [5.74, 6) is -0.150. The zero-order chi connectivity index (χ0) is 15.0. The monoisotopic (exact) mass is 285 g/mol. The number of carbonyl (C=O) groups excluding carboxylic acids is 2. The van der Waals surface area contributed by atoms with Gasteiger partial charge in [-0.05, 0) is 26.9 Å². The molecule has 0 aromatic rings. The number of likely N-dealkylation sites (N-methyl/N-ethyl adjacent to an activating group) is 1. The summed E-state index contributed by atoms with van der Waals surface area (Å²) in [5, 5.41) is 0. The molecule has 0 radical (unpaired) electrons. The van der Waals surface area contributed by atoms with Crippen molar-refractivity contribution in [3.05, 3.63) is 0 Å². The van der Waals surface area contributed by atoms with Gasteiger partial charge in [-0.25, -0.2) is 0 Å². The fourth-order valence-electron chi connectivity index (χ4n) is 2.27. The lowest BCUT2D eigenvalue weighted by Gasteiger charge is -2.33. The van der Waals surface area contributed by atoms with Gasteiger partial charge in [-0.1, -0.05) is 6.92 Å². The van der Waals surface area contributed by atoms with Gasteiger partial charge in [0.05, 0.1) is 19.7 Å². The molecule has 0 spiro atoms. The summed E-state index contributed by atoms with van der Waals surface area (Å²) in [6.45, 7) is 8.81. The van der Waals surface area contributed by atoms with Crippen LogP contribution in [0, 0.1) is 0 Å². The minimum atomic E-state index is -0.257. The van der Waals surface area contributed by atoms with Gasteiger partial charge in [-0.2, -0.15) is 0 Å². The molecular formula is C14H27N3O3. The van der Waals surface area contributed by atoms with Crippen LogP contribution < -0.4 is 0 Å². The summed E-state index contributed by atoms with van der Waals surface area (Å²) < 4.78 is 4.95. The fourth-order valence-corrected chi connectivity index (χ4v) is 2.27. The van der Waals surface area contributed by atoms with Crippen LogP contribution in [0.5, 0.6) is 0 Å². The maximum Gasteiger partial charge on any atom is 0.320 e. The van der Waals surface area contributed by atoms with Crippen molar-refractivity contribution in [2.45, 2.75) is 20.3 Å². The van der Waals surface area contributed by atoms with E-state index in [1.54, 1.807) is 6.92 Å². The van der Waals surface area contributed by atoms with Crippen LogP contribution in [0.4, 0.5) is 0 Å². The van der Waals surface area contributed by atoms with Crippen LogP contribution in [-0.2, 0) is 14.3 Å². The van der Waals surface area contributed by atoms with E-state index >= 15 is 0 Å². The molecule has 1 heterocycles. The number of esters is 1. The van der Waals surface area contributed by atoms with Gasteiger partial charge in [0.1, 0.15) is 0 Å². The summed E-state index contributed by atoms with van der Waals surface area (Å²) in [5.41, 5.74) is 0. The predicted molar refractivity (Wildman–Crippen MR) is 77.4 cm³/mol. The molecule has 1 saturated heterocycles. The number of amides is 1. The topological polar surface area (TPSA) is 53.1 Å². The molecule has 1 aliphatic heterocycles. The van der Waals surface area contributed by atoms with Gasteiger partial charge in [-0.3, -0.25) is 14.5 Å². The first kappa shape index (κ1) is 16.9. The summed E-state index contributed by atoms with van der Waals surface area (Å²) in [4.78, 5) is 29.7. The van der Waals surface area contributed by atoms with E-state index in [0.29, 0.717) is 13.2 Å². The summed E-state index contributed by atoms with van der Waals surface area (Å²) in [7, 11) is 2.06. The van der Waals surface area contributed by atoms with Crippen LogP contribution in [0.2, 0.25) is 0 Å². The van der Waals surface area contributed by atoms with Crippen LogP contribution in [0.25, 0.3) is 0 Å². The number of nitrogens with zero attached hydrogens (tertiary/aromatic N) is 3. The number of carbonyl (C=O) groups is 2. The molecule has 0 aromatic carbocycles. The smallest absolute Gasteiger partial charge is 0.320 e. The number of piperazine rings is 1. The number of hydrogen-bond acceptors (Lipinski definition) is 5. The molecule has 0 bridgehead atoms. The van der Waals surface area contributed by atoms with Crippen molar-refractivity contribution in [1.29, 1.82) is 0 Å². The highest BCUT2D eigenvalue weighted by Crippen LogP contribution is 2.02. The van der Waals surface area contributed by atoms with E-state index in [-0.39, 0.29) is 18.4 Å². The van der Waals surface area contributed by atoms with Gasteiger partial charge in [-0.15, -0.1) is 0 Å². The Bertz CT molecular complexity index is 315. The van der Waals surface area contributed by atoms with Gasteiger partial charge in [0.2, 0.25) is 5.91 Å². The van der Waals surface area contributed by atoms with Crippen LogP contribution in [-0.4, -0.2) is 86.0 Å². The number of hydrogen-bond donors (Lipinski definition) is 0. The SMILES string of the molecule is CCCN(CC(=O)OCC)CC(=O)N1CCN(C)CC1. The Morgan fingerprint density at radius 2 is 1.75 bits per heavy atom. The van der Waals surface area contributed by atoms with Crippen molar-refractivity contribution in [3.8, 4) is 0 Å². The first-order valence-electron chi connectivity index (χ1n) is 7.41. The molecule has 116 valence electrons. The van der Waals surface area contributed by atoms with E-state index in [0.717, 1.165) is 39.1 Å². The average molecular weight is 285 g/mol. The van der Waals surface area contributed by atoms with Crippen LogP contribution >= 0.6 is 0 Å². The zero-order valence-electron chi connectivity index (χ0n) is 12.9. The first-order valence-corrected chi connectivity index (χ1v) is 7.41. The molecule has 6 nitrogen and oxygen atoms in total. The van der Waals surface area contributed by atoms with Crippen molar-refractivity contribution in [3.63, 3.8) is 0 Å². The summed E-state index contributed by atoms with van der Waals surface area (Å²) >= 11 is 0. The second kappa shape index (κ2) is 8.92. The third-order valence-corrected chi connectivity index (χ3v) is 3.41. The molecule has 0 saturated carbocycles. The highest BCUT2D eigenvalue weighted by Gasteiger charge is 2.22. The Morgan fingerprint density at radius 1 is 1.10 bits per heavy atom. The van der Waals surface area contributed by atoms with E-state index in [2.05, 4.69) is 11.9 Å². The third kappa shape index (κ3) is 5.88. The molecule has 0 N–H and O–H groups in total. The van der Waals surface area contributed by atoms with Gasteiger partial charge in [0.15, 0.2) is 0 Å². The molecule has 1 amide bonds. The van der Waals surface area contributed by atoms with Crippen molar-refractivity contribution in [2.24, 2.45) is 0 Å². The van der Waals surface area contributed by atoms with Crippen molar-refractivity contribution in [2.75, 3.05) is 59.5 Å². The normalized spacial score (nSPS) is 16.5. The molecule has 1 aliphatic rings. The maximum atomic E-state index is 12.2. The van der Waals surface area contributed by atoms with E-state index in [1.807, 2.05) is 16.7 Å². The molecule has 0 unspecified atom stereocenters. The lowest BCUT2D eigenvalue weighted by atomic mass is 10.3. The zero-order valence-corrected chi connectivity index (χ0v) is 12.9. The Morgan fingerprint density at radius 3 is 2.30 bits per heavy atom. The second-order valence-corrected chi connectivity index (χ2v) is 5.20. The van der Waals surface area contributed by atoms with Gasteiger partial charge in [0.25, 0.3) is 0 Å². The van der Waals surface area contributed by atoms with Crippen molar-refractivity contribution < 1.29 is 14.3 Å². The van der Waals surface area contributed by atoms with E-state index in [1.165, 1.54) is 0 Å². The van der Waals surface area contributed by atoms with Crippen LogP contribution in [0.1, 0.15) is 20.3 Å². The minimum Gasteiger partial charge on any atom is -0.465 e. The van der Waals surface area contributed by atoms with E-state index < -0.39 is 0 Å². The second-order valence-electron chi connectivity index (χ2n) is 5.20. The molecule has 0 aliphatic carbocycles. The van der Waals surface area contributed by atoms with Gasteiger partial charge < -0.3 is 14.5 Å². The Kier molecular flexibility index (Phi) is 7.54. The standard InChI is InChI=1S/C14H27N3O3/c1-4-6-16(12-14(19)20-5-2)11-13(18)17-9-7-15(3)8-10-17/h4-12H2,1-3H3. The predicted octanol–water partition coefficient (Wildman–Crippen LogP) is 0.0355. The fraction of sp³-hybridized carbons (Fsp3) is 0.857.